The van der Waals surface area contributed by atoms with Crippen molar-refractivity contribution >= 4 is 21.9 Å². The maximum atomic E-state index is 12.7. The lowest BCUT2D eigenvalue weighted by Gasteiger charge is -2.57. The molecule has 4 fully saturated rings. The van der Waals surface area contributed by atoms with Gasteiger partial charge in [-0.3, -0.25) is 4.79 Å². The van der Waals surface area contributed by atoms with Crippen LogP contribution in [-0.4, -0.2) is 19.7 Å². The summed E-state index contributed by atoms with van der Waals surface area (Å²) in [6, 6.07) is 15.0. The predicted octanol–water partition coefficient (Wildman–Crippen LogP) is 7.60. The lowest BCUT2D eigenvalue weighted by atomic mass is 9.48. The highest BCUT2D eigenvalue weighted by atomic mass is 79.9. The summed E-state index contributed by atoms with van der Waals surface area (Å²) in [7, 11) is 1.83. The van der Waals surface area contributed by atoms with E-state index in [1.807, 2.05) is 38.3 Å². The van der Waals surface area contributed by atoms with Gasteiger partial charge in [0.2, 0.25) is 0 Å². The smallest absolute Gasteiger partial charge is 0.313 e. The van der Waals surface area contributed by atoms with Crippen molar-refractivity contribution in [2.24, 2.45) is 17.8 Å². The van der Waals surface area contributed by atoms with E-state index >= 15 is 0 Å². The molecule has 0 aromatic heterocycles. The van der Waals surface area contributed by atoms with Crippen LogP contribution < -0.4 is 4.74 Å². The molecule has 0 amide bonds. The molecule has 0 spiro atoms. The first-order valence-corrected chi connectivity index (χ1v) is 13.9. The number of hydrogen-bond acceptors (Lipinski definition) is 3. The van der Waals surface area contributed by atoms with Gasteiger partial charge < -0.3 is 9.47 Å². The van der Waals surface area contributed by atoms with Crippen LogP contribution in [0.5, 0.6) is 5.75 Å². The molecule has 2 aromatic carbocycles. The molecule has 0 saturated heterocycles. The van der Waals surface area contributed by atoms with Crippen molar-refractivity contribution in [1.82, 2.24) is 0 Å². The molecule has 0 N–H and O–H groups in total. The fourth-order valence-electron chi connectivity index (χ4n) is 7.67. The van der Waals surface area contributed by atoms with Crippen molar-refractivity contribution < 1.29 is 14.3 Å². The van der Waals surface area contributed by atoms with E-state index in [4.69, 9.17) is 9.47 Å². The van der Waals surface area contributed by atoms with Crippen LogP contribution in [-0.2, 0) is 21.4 Å². The second-order valence-electron chi connectivity index (χ2n) is 11.0. The molecule has 4 aliphatic carbocycles. The molecule has 0 radical (unpaired) electrons. The molecule has 4 saturated carbocycles. The van der Waals surface area contributed by atoms with Gasteiger partial charge in [-0.2, -0.15) is 0 Å². The van der Waals surface area contributed by atoms with E-state index in [2.05, 4.69) is 34.1 Å². The third-order valence-electron chi connectivity index (χ3n) is 8.66. The van der Waals surface area contributed by atoms with Gasteiger partial charge in [0, 0.05) is 10.0 Å². The Morgan fingerprint density at radius 3 is 2.38 bits per heavy atom. The topological polar surface area (TPSA) is 35.5 Å². The summed E-state index contributed by atoms with van der Waals surface area (Å²) >= 11 is 3.54. The van der Waals surface area contributed by atoms with Gasteiger partial charge in [0.05, 0.1) is 19.6 Å². The average Bonchev–Trinajstić information content (AvgIpc) is 2.81. The lowest BCUT2D eigenvalue weighted by Crippen LogP contribution is -2.48. The summed E-state index contributed by atoms with van der Waals surface area (Å²) in [5.41, 5.74) is 4.11. The average molecular weight is 526 g/mol. The van der Waals surface area contributed by atoms with Crippen LogP contribution in [0.1, 0.15) is 80.9 Å². The summed E-state index contributed by atoms with van der Waals surface area (Å²) in [4.78, 5) is 12.7. The Balaban J connectivity index is 1.29. The maximum absolute atomic E-state index is 12.7. The van der Waals surface area contributed by atoms with E-state index in [1.54, 1.807) is 0 Å². The molecule has 4 bridgehead atoms. The van der Waals surface area contributed by atoms with Crippen LogP contribution in [0.3, 0.4) is 0 Å². The van der Waals surface area contributed by atoms with Crippen LogP contribution in [0, 0.1) is 17.8 Å². The zero-order valence-corrected chi connectivity index (χ0v) is 22.1. The third kappa shape index (κ3) is 4.80. The Morgan fingerprint density at radius 2 is 1.76 bits per heavy atom. The minimum absolute atomic E-state index is 0.129. The number of benzene rings is 2. The predicted molar refractivity (Wildman–Crippen MR) is 139 cm³/mol. The van der Waals surface area contributed by atoms with Gasteiger partial charge in [-0.25, -0.2) is 0 Å². The Morgan fingerprint density at radius 1 is 1.06 bits per heavy atom. The summed E-state index contributed by atoms with van der Waals surface area (Å²) < 4.78 is 12.4. The normalized spacial score (nSPS) is 28.0. The van der Waals surface area contributed by atoms with Crippen LogP contribution in [0.4, 0.5) is 0 Å². The van der Waals surface area contributed by atoms with Gasteiger partial charge in [-0.15, -0.1) is 0 Å². The van der Waals surface area contributed by atoms with Gasteiger partial charge in [0.15, 0.2) is 0 Å². The lowest BCUT2D eigenvalue weighted by molar-refractivity contribution is -0.145. The van der Waals surface area contributed by atoms with Gasteiger partial charge in [-0.05, 0) is 117 Å². The van der Waals surface area contributed by atoms with E-state index in [1.165, 1.54) is 49.7 Å². The molecule has 4 aliphatic rings. The van der Waals surface area contributed by atoms with E-state index in [-0.39, 0.29) is 11.9 Å². The van der Waals surface area contributed by atoms with Crippen LogP contribution in [0.25, 0.3) is 0 Å². The molecule has 3 nitrogen and oxygen atoms in total. The molecule has 4 heteroatoms. The molecule has 1 unspecified atom stereocenters. The molecular weight excluding hydrogens is 488 g/mol. The number of carbonyl (C=O) groups excluding carboxylic acids is 1. The summed E-state index contributed by atoms with van der Waals surface area (Å²) in [5, 5.41) is 0. The highest BCUT2D eigenvalue weighted by molar-refractivity contribution is 9.10. The Bertz CT molecular complexity index is 994. The highest BCUT2D eigenvalue weighted by Gasteiger charge is 2.52. The van der Waals surface area contributed by atoms with Crippen LogP contribution in [0.15, 0.2) is 46.9 Å². The number of methoxy groups -OCH3 is 1. The van der Waals surface area contributed by atoms with Gasteiger partial charge in [0.25, 0.3) is 0 Å². The molecule has 0 heterocycles. The number of hydrogen-bond donors (Lipinski definition) is 0. The largest absolute Gasteiger partial charge is 0.496 e. The number of rotatable bonds is 9. The van der Waals surface area contributed by atoms with Crippen molar-refractivity contribution in [3.8, 4) is 5.75 Å². The molecule has 2 aromatic rings. The molecule has 0 aliphatic heterocycles. The zero-order chi connectivity index (χ0) is 23.7. The standard InChI is InChI=1S/C30H37BrO3/c1-3-34-29(32)26(24-7-5-8-25(31)16-24)9-4-6-20-10-11-27(28(15-20)33-2)30-17-21-12-22(18-30)14-23(13-21)19-30/h5,7-8,10-11,15-16,21-23,26H,3-4,6,9,12-14,17-19H2,1-2H3. The molecule has 182 valence electrons. The molecular formula is C30H37BrO3. The van der Waals surface area contributed by atoms with E-state index in [0.29, 0.717) is 12.0 Å². The second kappa shape index (κ2) is 10.0. The third-order valence-corrected chi connectivity index (χ3v) is 9.15. The molecule has 1 atom stereocenters. The van der Waals surface area contributed by atoms with Gasteiger partial charge in [0.1, 0.15) is 5.75 Å². The van der Waals surface area contributed by atoms with Crippen molar-refractivity contribution in [3.63, 3.8) is 0 Å². The first kappa shape index (κ1) is 23.9. The van der Waals surface area contributed by atoms with E-state index in [0.717, 1.165) is 52.8 Å². The highest BCUT2D eigenvalue weighted by Crippen LogP contribution is 2.61. The fraction of sp³-hybridized carbons (Fsp3) is 0.567. The quantitative estimate of drug-likeness (QED) is 0.317. The van der Waals surface area contributed by atoms with Gasteiger partial charge >= 0.3 is 5.97 Å². The maximum Gasteiger partial charge on any atom is 0.313 e. The van der Waals surface area contributed by atoms with Crippen LogP contribution in [0.2, 0.25) is 0 Å². The Labute approximate surface area is 212 Å². The number of aryl methyl sites for hydroxylation is 1. The number of halogens is 1. The molecule has 6 rings (SSSR count). The van der Waals surface area contributed by atoms with Crippen molar-refractivity contribution in [3.05, 3.63) is 63.6 Å². The van der Waals surface area contributed by atoms with E-state index < -0.39 is 0 Å². The monoisotopic (exact) mass is 524 g/mol. The zero-order valence-electron chi connectivity index (χ0n) is 20.5. The van der Waals surface area contributed by atoms with Crippen molar-refractivity contribution in [2.45, 2.75) is 76.0 Å². The van der Waals surface area contributed by atoms with Crippen LogP contribution >= 0.6 is 15.9 Å². The summed E-state index contributed by atoms with van der Waals surface area (Å²) in [6.07, 6.45) is 11.1. The van der Waals surface area contributed by atoms with Crippen molar-refractivity contribution in [2.75, 3.05) is 13.7 Å². The van der Waals surface area contributed by atoms with Crippen molar-refractivity contribution in [1.29, 1.82) is 0 Å². The minimum Gasteiger partial charge on any atom is -0.496 e. The molecule has 34 heavy (non-hydrogen) atoms. The SMILES string of the molecule is CCOC(=O)C(CCCc1ccc(C23CC4CC(CC(C4)C2)C3)c(OC)c1)c1cccc(Br)c1. The number of ether oxygens (including phenoxy) is 2. The van der Waals surface area contributed by atoms with Gasteiger partial charge in [-0.1, -0.05) is 40.2 Å². The number of carbonyl (C=O) groups is 1. The second-order valence-corrected chi connectivity index (χ2v) is 11.9. The first-order valence-electron chi connectivity index (χ1n) is 13.1. The fourth-order valence-corrected chi connectivity index (χ4v) is 8.08. The summed E-state index contributed by atoms with van der Waals surface area (Å²) in [6.45, 7) is 2.28. The number of esters is 1. The Hall–Kier alpha value is -1.81. The van der Waals surface area contributed by atoms with E-state index in [9.17, 15) is 4.79 Å². The minimum atomic E-state index is -0.231. The first-order chi connectivity index (χ1) is 16.5. The Kier molecular flexibility index (Phi) is 7.07. The summed E-state index contributed by atoms with van der Waals surface area (Å²) in [5.74, 6) is 3.49.